The van der Waals surface area contributed by atoms with Crippen molar-refractivity contribution in [3.8, 4) is 0 Å². The second-order valence-corrected chi connectivity index (χ2v) is 5.54. The molecule has 1 fully saturated rings. The van der Waals surface area contributed by atoms with E-state index in [1.807, 2.05) is 34.6 Å². The van der Waals surface area contributed by atoms with Gasteiger partial charge in [0.25, 0.3) is 0 Å². The Hall–Kier alpha value is -0.410. The van der Waals surface area contributed by atoms with Gasteiger partial charge in [-0.15, -0.1) is 0 Å². The van der Waals surface area contributed by atoms with Gasteiger partial charge in [0.15, 0.2) is 5.79 Å². The normalized spacial score (nSPS) is 25.4. The molecule has 0 N–H and O–H groups in total. The van der Waals surface area contributed by atoms with E-state index in [0.717, 1.165) is 12.8 Å². The van der Waals surface area contributed by atoms with Crippen molar-refractivity contribution in [1.82, 2.24) is 0 Å². The Bertz CT molecular complexity index is 256. The van der Waals surface area contributed by atoms with Crippen molar-refractivity contribution in [3.63, 3.8) is 0 Å². The number of carbonyl (C=O) groups excluding carboxylic acids is 1. The zero-order valence-corrected chi connectivity index (χ0v) is 11.1. The summed E-state index contributed by atoms with van der Waals surface area (Å²) in [6, 6.07) is 0. The number of ketones is 1. The Labute approximate surface area is 98.5 Å². The Morgan fingerprint density at radius 3 is 2.56 bits per heavy atom. The Kier molecular flexibility index (Phi) is 4.13. The zero-order valence-electron chi connectivity index (χ0n) is 11.1. The summed E-state index contributed by atoms with van der Waals surface area (Å²) in [5, 5.41) is 0. The van der Waals surface area contributed by atoms with Gasteiger partial charge in [-0.3, -0.25) is 4.79 Å². The van der Waals surface area contributed by atoms with Crippen LogP contribution in [-0.4, -0.2) is 24.3 Å². The van der Waals surface area contributed by atoms with E-state index in [0.29, 0.717) is 13.0 Å². The molecule has 16 heavy (non-hydrogen) atoms. The third-order valence-electron chi connectivity index (χ3n) is 3.26. The van der Waals surface area contributed by atoms with Crippen molar-refractivity contribution >= 4 is 5.78 Å². The van der Waals surface area contributed by atoms with Crippen LogP contribution in [0.25, 0.3) is 0 Å². The molecule has 0 unspecified atom stereocenters. The number of rotatable bonds is 4. The van der Waals surface area contributed by atoms with Crippen LogP contribution in [0, 0.1) is 5.41 Å². The maximum absolute atomic E-state index is 12.1. The van der Waals surface area contributed by atoms with E-state index in [-0.39, 0.29) is 11.9 Å². The van der Waals surface area contributed by atoms with Crippen molar-refractivity contribution in [2.24, 2.45) is 5.41 Å². The molecule has 0 amide bonds. The molecule has 1 aliphatic heterocycles. The van der Waals surface area contributed by atoms with Gasteiger partial charge in [0.1, 0.15) is 5.78 Å². The average molecular weight is 228 g/mol. The second kappa shape index (κ2) is 4.84. The van der Waals surface area contributed by atoms with Crippen molar-refractivity contribution in [2.45, 2.75) is 65.8 Å². The first-order chi connectivity index (χ1) is 7.29. The Morgan fingerprint density at radius 1 is 1.44 bits per heavy atom. The molecule has 1 rings (SSSR count). The lowest BCUT2D eigenvalue weighted by atomic mass is 9.78. The minimum atomic E-state index is -0.563. The topological polar surface area (TPSA) is 35.5 Å². The van der Waals surface area contributed by atoms with Crippen molar-refractivity contribution in [1.29, 1.82) is 0 Å². The van der Waals surface area contributed by atoms with Gasteiger partial charge >= 0.3 is 0 Å². The minimum Gasteiger partial charge on any atom is -0.350 e. The molecule has 0 aromatic carbocycles. The molecular formula is C13H24O3. The minimum absolute atomic E-state index is 0.0321. The first kappa shape index (κ1) is 13.7. The zero-order chi connectivity index (χ0) is 12.4. The Morgan fingerprint density at radius 2 is 2.06 bits per heavy atom. The van der Waals surface area contributed by atoms with Crippen molar-refractivity contribution < 1.29 is 14.3 Å². The van der Waals surface area contributed by atoms with Crippen LogP contribution < -0.4 is 0 Å². The van der Waals surface area contributed by atoms with Crippen LogP contribution in [0.15, 0.2) is 0 Å². The summed E-state index contributed by atoms with van der Waals surface area (Å²) in [6.07, 6.45) is 2.30. The Balaban J connectivity index is 2.71. The summed E-state index contributed by atoms with van der Waals surface area (Å²) >= 11 is 0. The highest BCUT2D eigenvalue weighted by molar-refractivity contribution is 5.84. The molecule has 0 aromatic heterocycles. The maximum atomic E-state index is 12.1. The van der Waals surface area contributed by atoms with Gasteiger partial charge in [-0.2, -0.15) is 0 Å². The summed E-state index contributed by atoms with van der Waals surface area (Å²) in [4.78, 5) is 12.1. The van der Waals surface area contributed by atoms with E-state index < -0.39 is 11.2 Å². The molecule has 3 heteroatoms. The number of carbonyl (C=O) groups is 1. The highest BCUT2D eigenvalue weighted by Crippen LogP contribution is 2.35. The van der Waals surface area contributed by atoms with Crippen LogP contribution in [0.2, 0.25) is 0 Å². The number of ether oxygens (including phenoxy) is 2. The molecule has 3 nitrogen and oxygen atoms in total. The molecule has 1 atom stereocenters. The largest absolute Gasteiger partial charge is 0.350 e. The molecule has 0 saturated carbocycles. The van der Waals surface area contributed by atoms with Crippen LogP contribution in [0.4, 0.5) is 0 Å². The van der Waals surface area contributed by atoms with Gasteiger partial charge < -0.3 is 9.47 Å². The third kappa shape index (κ3) is 3.05. The highest BCUT2D eigenvalue weighted by Gasteiger charge is 2.42. The first-order valence-corrected chi connectivity index (χ1v) is 6.14. The maximum Gasteiger partial charge on any atom is 0.163 e. The lowest BCUT2D eigenvalue weighted by molar-refractivity contribution is -0.288. The fraction of sp³-hybridized carbons (Fsp3) is 0.923. The number of hydrogen-bond acceptors (Lipinski definition) is 3. The second-order valence-electron chi connectivity index (χ2n) is 5.54. The van der Waals surface area contributed by atoms with E-state index in [1.54, 1.807) is 0 Å². The molecule has 1 heterocycles. The molecule has 1 aliphatic rings. The van der Waals surface area contributed by atoms with Crippen LogP contribution in [0.1, 0.15) is 53.9 Å². The van der Waals surface area contributed by atoms with Gasteiger partial charge in [0.05, 0.1) is 12.7 Å². The van der Waals surface area contributed by atoms with E-state index in [9.17, 15) is 4.79 Å². The fourth-order valence-corrected chi connectivity index (χ4v) is 2.08. The quantitative estimate of drug-likeness (QED) is 0.742. The van der Waals surface area contributed by atoms with Gasteiger partial charge in [-0.05, 0) is 26.7 Å². The lowest BCUT2D eigenvalue weighted by Crippen LogP contribution is -2.49. The lowest BCUT2D eigenvalue weighted by Gasteiger charge is -2.42. The van der Waals surface area contributed by atoms with E-state index in [1.165, 1.54) is 0 Å². The third-order valence-corrected chi connectivity index (χ3v) is 3.26. The van der Waals surface area contributed by atoms with Gasteiger partial charge in [-0.25, -0.2) is 0 Å². The SMILES string of the molecule is CCCC(=O)C(C)(C)[C@@H]1CCOC(C)(C)O1. The van der Waals surface area contributed by atoms with Gasteiger partial charge in [0.2, 0.25) is 0 Å². The van der Waals surface area contributed by atoms with Crippen LogP contribution in [-0.2, 0) is 14.3 Å². The summed E-state index contributed by atoms with van der Waals surface area (Å²) in [5.74, 6) is -0.273. The number of Topliss-reactive ketones (excluding diaryl/α,β-unsaturated/α-hetero) is 1. The summed E-state index contributed by atoms with van der Waals surface area (Å²) in [5.41, 5.74) is -0.406. The molecule has 0 aromatic rings. The predicted octanol–water partition coefficient (Wildman–Crippen LogP) is 2.92. The molecule has 0 bridgehead atoms. The molecule has 94 valence electrons. The van der Waals surface area contributed by atoms with Crippen molar-refractivity contribution in [3.05, 3.63) is 0 Å². The van der Waals surface area contributed by atoms with E-state index in [2.05, 4.69) is 0 Å². The van der Waals surface area contributed by atoms with Crippen LogP contribution in [0.5, 0.6) is 0 Å². The standard InChI is InChI=1S/C13H24O3/c1-6-7-10(14)12(2,3)11-8-9-15-13(4,5)16-11/h11H,6-9H2,1-5H3/t11-/m0/s1. The molecule has 0 aliphatic carbocycles. The highest BCUT2D eigenvalue weighted by atomic mass is 16.7. The summed E-state index contributed by atoms with van der Waals surface area (Å²) in [7, 11) is 0. The van der Waals surface area contributed by atoms with Crippen molar-refractivity contribution in [2.75, 3.05) is 6.61 Å². The molecule has 0 radical (unpaired) electrons. The fourth-order valence-electron chi connectivity index (χ4n) is 2.08. The molecule has 1 saturated heterocycles. The van der Waals surface area contributed by atoms with E-state index >= 15 is 0 Å². The summed E-state index contributed by atoms with van der Waals surface area (Å²) in [6.45, 7) is 10.5. The van der Waals surface area contributed by atoms with Gasteiger partial charge in [-0.1, -0.05) is 20.8 Å². The van der Waals surface area contributed by atoms with Gasteiger partial charge in [0, 0.05) is 11.8 Å². The molecular weight excluding hydrogens is 204 g/mol. The monoisotopic (exact) mass is 228 g/mol. The van der Waals surface area contributed by atoms with Crippen LogP contribution in [0.3, 0.4) is 0 Å². The first-order valence-electron chi connectivity index (χ1n) is 6.14. The smallest absolute Gasteiger partial charge is 0.163 e. The van der Waals surface area contributed by atoms with E-state index in [4.69, 9.17) is 9.47 Å². The number of hydrogen-bond donors (Lipinski definition) is 0. The average Bonchev–Trinajstić information content (AvgIpc) is 2.16. The van der Waals surface area contributed by atoms with Crippen LogP contribution >= 0.6 is 0 Å². The summed E-state index contributed by atoms with van der Waals surface area (Å²) < 4.78 is 11.4. The predicted molar refractivity (Wildman–Crippen MR) is 63.2 cm³/mol. The molecule has 0 spiro atoms.